The van der Waals surface area contributed by atoms with E-state index in [0.717, 1.165) is 25.7 Å². The minimum atomic E-state index is -0.881. The predicted octanol–water partition coefficient (Wildman–Crippen LogP) is 8.27. The zero-order chi connectivity index (χ0) is 42.0. The molecule has 1 N–H and O–H groups in total. The molecule has 0 aliphatic carbocycles. The first kappa shape index (κ1) is 40.9. The average molecular weight is 854 g/mol. The highest BCUT2D eigenvalue weighted by molar-refractivity contribution is 6.32. The molecular weight excluding hydrogens is 805 g/mol. The number of ether oxygens (including phenoxy) is 2. The molecule has 0 bridgehead atoms. The highest BCUT2D eigenvalue weighted by atomic mass is 35.5. The molecule has 12 nitrogen and oxygen atoms in total. The Bertz CT molecular complexity index is 2500. The van der Waals surface area contributed by atoms with E-state index in [-0.39, 0.29) is 91.4 Å². The molecule has 8 rings (SSSR count). The van der Waals surface area contributed by atoms with Crippen molar-refractivity contribution >= 4 is 46.4 Å². The van der Waals surface area contributed by atoms with Crippen LogP contribution < -0.4 is 30.8 Å². The Labute approximate surface area is 350 Å². The van der Waals surface area contributed by atoms with Gasteiger partial charge in [0.15, 0.2) is 12.2 Å². The van der Waals surface area contributed by atoms with Gasteiger partial charge in [0.25, 0.3) is 22.9 Å². The van der Waals surface area contributed by atoms with Crippen molar-refractivity contribution in [1.29, 1.82) is 0 Å². The molecule has 16 heteroatoms. The van der Waals surface area contributed by atoms with E-state index < -0.39 is 29.4 Å². The summed E-state index contributed by atoms with van der Waals surface area (Å²) in [6.45, 7) is 13.8. The Kier molecular flexibility index (Phi) is 11.1. The smallest absolute Gasteiger partial charge is 0.276 e. The zero-order valence-electron chi connectivity index (χ0n) is 33.6. The molecule has 4 aliphatic rings. The number of nitrogens with one attached hydrogen (secondary N) is 1. The summed E-state index contributed by atoms with van der Waals surface area (Å²) in [7, 11) is 0. The van der Waals surface area contributed by atoms with E-state index >= 15 is 8.78 Å². The van der Waals surface area contributed by atoms with E-state index in [1.807, 2.05) is 20.8 Å². The van der Waals surface area contributed by atoms with Crippen LogP contribution in [0.1, 0.15) is 72.6 Å². The minimum absolute atomic E-state index is 0.0123. The molecule has 2 aromatic heterocycles. The van der Waals surface area contributed by atoms with Gasteiger partial charge in [-0.3, -0.25) is 28.5 Å². The highest BCUT2D eigenvalue weighted by Crippen LogP contribution is 2.43. The number of benzene rings is 2. The van der Waals surface area contributed by atoms with Crippen LogP contribution in [-0.2, 0) is 35.8 Å². The van der Waals surface area contributed by atoms with E-state index in [4.69, 9.17) is 32.7 Å². The van der Waals surface area contributed by atoms with Gasteiger partial charge in [0.2, 0.25) is 0 Å². The SMILES string of the molecule is C=C(C)CN1C(=O)C(CC(C)CCC2CCn3c(Cl)c(-c4cc5c(cc4F)OC(CC(C)C)C(=O)N5)c(=O)n3C2)Oc2cc(F)c(-c3c(Cl)n4n(c3=O)CCCC4)cc21. The van der Waals surface area contributed by atoms with Crippen molar-refractivity contribution in [2.75, 3.05) is 16.8 Å². The van der Waals surface area contributed by atoms with E-state index in [1.54, 1.807) is 30.6 Å². The number of amides is 2. The maximum atomic E-state index is 15.9. The molecule has 314 valence electrons. The number of rotatable bonds is 11. The van der Waals surface area contributed by atoms with Crippen molar-refractivity contribution < 1.29 is 27.8 Å². The van der Waals surface area contributed by atoms with Crippen molar-refractivity contribution in [3.05, 3.63) is 79.1 Å². The van der Waals surface area contributed by atoms with Gasteiger partial charge in [-0.15, -0.1) is 0 Å². The zero-order valence-corrected chi connectivity index (χ0v) is 35.1. The van der Waals surface area contributed by atoms with Crippen LogP contribution in [0.2, 0.25) is 10.3 Å². The lowest BCUT2D eigenvalue weighted by atomic mass is 9.90. The number of nitrogens with zero attached hydrogens (tertiary/aromatic N) is 5. The van der Waals surface area contributed by atoms with Gasteiger partial charge in [0, 0.05) is 56.0 Å². The molecule has 0 spiro atoms. The van der Waals surface area contributed by atoms with Gasteiger partial charge >= 0.3 is 0 Å². The molecule has 0 saturated carbocycles. The van der Waals surface area contributed by atoms with Crippen LogP contribution in [0, 0.1) is 29.4 Å². The number of carbonyl (C=O) groups is 2. The van der Waals surface area contributed by atoms with Crippen LogP contribution in [-0.4, -0.2) is 49.3 Å². The van der Waals surface area contributed by atoms with Gasteiger partial charge < -0.3 is 19.7 Å². The molecule has 2 amide bonds. The Balaban J connectivity index is 0.959. The molecule has 2 aromatic carbocycles. The van der Waals surface area contributed by atoms with Crippen molar-refractivity contribution in [2.24, 2.45) is 17.8 Å². The number of anilines is 2. The average Bonchev–Trinajstić information content (AvgIpc) is 3.58. The third-order valence-electron chi connectivity index (χ3n) is 11.9. The number of hydrogen-bond donors (Lipinski definition) is 1. The lowest BCUT2D eigenvalue weighted by Crippen LogP contribution is -2.47. The lowest BCUT2D eigenvalue weighted by molar-refractivity contribution is -0.127. The fourth-order valence-electron chi connectivity index (χ4n) is 8.88. The summed E-state index contributed by atoms with van der Waals surface area (Å²) in [5.41, 5.74) is 0.633. The van der Waals surface area contributed by atoms with Gasteiger partial charge in [0.1, 0.15) is 33.4 Å². The Morgan fingerprint density at radius 2 is 1.44 bits per heavy atom. The second kappa shape index (κ2) is 16.0. The van der Waals surface area contributed by atoms with Crippen LogP contribution in [0.25, 0.3) is 22.3 Å². The summed E-state index contributed by atoms with van der Waals surface area (Å²) < 4.78 is 50.0. The Morgan fingerprint density at radius 3 is 2.10 bits per heavy atom. The van der Waals surface area contributed by atoms with Crippen LogP contribution in [0.5, 0.6) is 11.5 Å². The van der Waals surface area contributed by atoms with Gasteiger partial charge in [0.05, 0.1) is 22.5 Å². The summed E-state index contributed by atoms with van der Waals surface area (Å²) in [6.07, 6.45) is 3.09. The molecule has 4 aliphatic heterocycles. The molecule has 4 unspecified atom stereocenters. The Hall–Kier alpha value is -4.82. The van der Waals surface area contributed by atoms with Crippen molar-refractivity contribution in [3.63, 3.8) is 0 Å². The second-order valence-electron chi connectivity index (χ2n) is 17.0. The van der Waals surface area contributed by atoms with Gasteiger partial charge in [-0.2, -0.15) is 0 Å². The molecule has 4 atom stereocenters. The normalized spacial score (nSPS) is 20.3. The first-order valence-corrected chi connectivity index (χ1v) is 21.1. The quantitative estimate of drug-likeness (QED) is 0.152. The van der Waals surface area contributed by atoms with Crippen molar-refractivity contribution in [2.45, 2.75) is 111 Å². The maximum absolute atomic E-state index is 15.9. The molecular formula is C43H48Cl2F2N6O6. The van der Waals surface area contributed by atoms with Gasteiger partial charge in [-0.05, 0) is 75.3 Å². The molecule has 4 aromatic rings. The van der Waals surface area contributed by atoms with Gasteiger partial charge in [-0.25, -0.2) is 18.1 Å². The summed E-state index contributed by atoms with van der Waals surface area (Å²) in [5, 5.41) is 3.09. The molecule has 0 radical (unpaired) electrons. The number of aromatic nitrogens is 4. The lowest BCUT2D eigenvalue weighted by Gasteiger charge is -2.36. The van der Waals surface area contributed by atoms with E-state index in [1.165, 1.54) is 24.3 Å². The molecule has 0 fully saturated rings. The maximum Gasteiger partial charge on any atom is 0.276 e. The predicted molar refractivity (Wildman–Crippen MR) is 223 cm³/mol. The van der Waals surface area contributed by atoms with E-state index in [0.29, 0.717) is 56.7 Å². The third kappa shape index (κ3) is 7.51. The minimum Gasteiger partial charge on any atom is -0.478 e. The number of fused-ring (bicyclic) bond motifs is 4. The first-order chi connectivity index (χ1) is 28.1. The number of halogens is 4. The van der Waals surface area contributed by atoms with Crippen LogP contribution in [0.15, 0.2) is 46.0 Å². The summed E-state index contributed by atoms with van der Waals surface area (Å²) >= 11 is 13.4. The Morgan fingerprint density at radius 1 is 0.831 bits per heavy atom. The van der Waals surface area contributed by atoms with Crippen LogP contribution in [0.3, 0.4) is 0 Å². The van der Waals surface area contributed by atoms with Crippen molar-refractivity contribution in [1.82, 2.24) is 18.7 Å². The largest absolute Gasteiger partial charge is 0.478 e. The summed E-state index contributed by atoms with van der Waals surface area (Å²) in [5.74, 6) is -1.25. The molecule has 59 heavy (non-hydrogen) atoms. The monoisotopic (exact) mass is 852 g/mol. The molecule has 0 saturated heterocycles. The second-order valence-corrected chi connectivity index (χ2v) is 17.7. The fraction of sp³-hybridized carbons (Fsp3) is 0.488. The highest BCUT2D eigenvalue weighted by Gasteiger charge is 2.38. The summed E-state index contributed by atoms with van der Waals surface area (Å²) in [6, 6.07) is 5.31. The van der Waals surface area contributed by atoms with Gasteiger partial charge in [-0.1, -0.05) is 62.5 Å². The van der Waals surface area contributed by atoms with Crippen LogP contribution in [0.4, 0.5) is 20.2 Å². The molecule has 6 heterocycles. The van der Waals surface area contributed by atoms with E-state index in [9.17, 15) is 19.2 Å². The van der Waals surface area contributed by atoms with E-state index in [2.05, 4.69) is 11.9 Å². The number of carbonyl (C=O) groups excluding carboxylic acids is 2. The summed E-state index contributed by atoms with van der Waals surface area (Å²) in [4.78, 5) is 55.6. The third-order valence-corrected chi connectivity index (χ3v) is 12.7. The number of hydrogen-bond acceptors (Lipinski definition) is 6. The van der Waals surface area contributed by atoms with Crippen LogP contribution >= 0.6 is 23.2 Å². The first-order valence-electron chi connectivity index (χ1n) is 20.4. The topological polar surface area (TPSA) is 122 Å². The van der Waals surface area contributed by atoms with Crippen molar-refractivity contribution in [3.8, 4) is 33.8 Å². The fourth-order valence-corrected chi connectivity index (χ4v) is 9.60. The standard InChI is InChI=1S/C43H48Cl2F2N6O6/c1-22(2)14-34-40(54)48-30-16-26(28(46)18-32(30)58-34)36-39(45)51-13-10-25(21-53(51)43(36)57)9-8-24(5)15-35-41(55)49(20-23(3)4)31-17-27(29(47)19-33(31)59-35)37-38(44)50-11-6-7-12-52(50)42(37)56/h16-19,22,24-25,34-35H,3,6-15,20-21H2,1-2,4-5H3,(H,48,54).